The molecular weight excluding hydrogens is 520 g/mol. The number of amides is 2. The van der Waals surface area contributed by atoms with Crippen molar-refractivity contribution in [1.82, 2.24) is 9.80 Å². The number of rotatable bonds is 6. The number of carbonyl (C=O) groups is 3. The van der Waals surface area contributed by atoms with Gasteiger partial charge in [0, 0.05) is 25.8 Å². The summed E-state index contributed by atoms with van der Waals surface area (Å²) in [5.74, 6) is -2.83. The van der Waals surface area contributed by atoms with Gasteiger partial charge in [0.25, 0.3) is 0 Å². The van der Waals surface area contributed by atoms with Gasteiger partial charge in [-0.25, -0.2) is 9.18 Å². The van der Waals surface area contributed by atoms with Gasteiger partial charge in [-0.3, -0.25) is 9.59 Å². The second kappa shape index (κ2) is 10.4. The van der Waals surface area contributed by atoms with E-state index in [0.717, 1.165) is 6.07 Å². The van der Waals surface area contributed by atoms with Crippen molar-refractivity contribution in [2.24, 2.45) is 5.92 Å². The fraction of sp³-hybridized carbons (Fsp3) is 0.444. The number of aromatic carboxylic acids is 1. The van der Waals surface area contributed by atoms with E-state index in [9.17, 15) is 37.1 Å². The highest BCUT2D eigenvalue weighted by Crippen LogP contribution is 2.39. The van der Waals surface area contributed by atoms with Crippen LogP contribution in [0.2, 0.25) is 0 Å². The lowest BCUT2D eigenvalue weighted by Crippen LogP contribution is -2.59. The van der Waals surface area contributed by atoms with Crippen molar-refractivity contribution in [2.45, 2.75) is 44.4 Å². The largest absolute Gasteiger partial charge is 0.478 e. The molecule has 1 atom stereocenters. The van der Waals surface area contributed by atoms with Gasteiger partial charge in [0.05, 0.1) is 23.5 Å². The summed E-state index contributed by atoms with van der Waals surface area (Å²) in [6.07, 6.45) is -4.07. The molecule has 0 radical (unpaired) electrons. The second-order valence-corrected chi connectivity index (χ2v) is 10.3. The van der Waals surface area contributed by atoms with Crippen LogP contribution >= 0.6 is 0 Å². The van der Waals surface area contributed by atoms with Crippen LogP contribution in [0, 0.1) is 11.7 Å². The van der Waals surface area contributed by atoms with Crippen LogP contribution < -0.4 is 10.2 Å². The van der Waals surface area contributed by atoms with E-state index >= 15 is 0 Å². The first-order valence-electron chi connectivity index (χ1n) is 12.5. The topological polar surface area (TPSA) is 93.2 Å². The Hall–Kier alpha value is -3.83. The molecule has 0 saturated carbocycles. The van der Waals surface area contributed by atoms with Crippen molar-refractivity contribution in [1.29, 1.82) is 0 Å². The summed E-state index contributed by atoms with van der Waals surface area (Å²) in [6.45, 7) is 4.13. The molecule has 2 saturated heterocycles. The highest BCUT2D eigenvalue weighted by atomic mass is 19.4. The smallest absolute Gasteiger partial charge is 0.416 e. The third kappa shape index (κ3) is 5.37. The Labute approximate surface area is 223 Å². The number of piperidine rings is 1. The average molecular weight is 551 g/mol. The molecule has 210 valence electrons. The minimum Gasteiger partial charge on any atom is -0.478 e. The maximum absolute atomic E-state index is 14.4. The number of hydrogen-bond donors (Lipinski definition) is 2. The molecule has 8 nitrogen and oxygen atoms in total. The van der Waals surface area contributed by atoms with Gasteiger partial charge in [-0.2, -0.15) is 13.2 Å². The molecule has 12 heteroatoms. The van der Waals surface area contributed by atoms with Crippen LogP contribution in [-0.4, -0.2) is 71.1 Å². The first-order valence-corrected chi connectivity index (χ1v) is 12.5. The highest BCUT2D eigenvalue weighted by molar-refractivity contribution is 5.94. The second-order valence-electron chi connectivity index (χ2n) is 10.3. The Bertz CT molecular complexity index is 1260. The Morgan fingerprint density at radius 3 is 2.21 bits per heavy atom. The van der Waals surface area contributed by atoms with E-state index in [1.165, 1.54) is 12.1 Å². The van der Waals surface area contributed by atoms with Gasteiger partial charge >= 0.3 is 12.1 Å². The zero-order valence-corrected chi connectivity index (χ0v) is 21.8. The number of anilines is 2. The zero-order chi connectivity index (χ0) is 28.7. The Kier molecular flexibility index (Phi) is 7.50. The van der Waals surface area contributed by atoms with E-state index in [-0.39, 0.29) is 30.5 Å². The molecule has 0 aliphatic carbocycles. The molecule has 0 aromatic heterocycles. The predicted molar refractivity (Wildman–Crippen MR) is 136 cm³/mol. The van der Waals surface area contributed by atoms with Gasteiger partial charge in [0.15, 0.2) is 0 Å². The molecule has 2 aliphatic rings. The number of hydrogen-bond acceptors (Lipinski definition) is 5. The maximum atomic E-state index is 14.4. The number of carboxylic acid groups (broad SMARTS) is 1. The van der Waals surface area contributed by atoms with Crippen molar-refractivity contribution in [2.75, 3.05) is 37.0 Å². The summed E-state index contributed by atoms with van der Waals surface area (Å²) in [7, 11) is 1.68. The number of nitrogens with one attached hydrogen (secondary N) is 1. The first kappa shape index (κ1) is 28.2. The van der Waals surface area contributed by atoms with Crippen molar-refractivity contribution >= 4 is 29.2 Å². The van der Waals surface area contributed by atoms with E-state index in [4.69, 9.17) is 0 Å². The van der Waals surface area contributed by atoms with Crippen LogP contribution in [0.5, 0.6) is 0 Å². The van der Waals surface area contributed by atoms with Gasteiger partial charge < -0.3 is 25.1 Å². The van der Waals surface area contributed by atoms with Crippen LogP contribution in [0.4, 0.5) is 28.9 Å². The number of likely N-dealkylation sites (tertiary alicyclic amines) is 1. The normalized spacial score (nSPS) is 18.2. The summed E-state index contributed by atoms with van der Waals surface area (Å²) in [4.78, 5) is 43.1. The van der Waals surface area contributed by atoms with E-state index in [1.54, 1.807) is 42.8 Å². The minimum atomic E-state index is -4.66. The molecule has 0 bridgehead atoms. The SMILES string of the molecule is CC(C)[C@@H](Nc1cc(C(F)(F)F)ccc1F)C(=O)N1CCC2(CC1)C(=O)N(C)CN2c1ccc(C(=O)O)cc1. The van der Waals surface area contributed by atoms with Crippen LogP contribution in [0.25, 0.3) is 0 Å². The molecular formula is C27H30F4N4O4. The summed E-state index contributed by atoms with van der Waals surface area (Å²) in [6, 6.07) is 7.28. The number of alkyl halides is 3. The lowest BCUT2D eigenvalue weighted by molar-refractivity contribution is -0.138. The Balaban J connectivity index is 1.52. The quantitative estimate of drug-likeness (QED) is 0.522. The molecule has 2 aliphatic heterocycles. The van der Waals surface area contributed by atoms with Crippen LogP contribution in [0.3, 0.4) is 0 Å². The third-order valence-electron chi connectivity index (χ3n) is 7.48. The lowest BCUT2D eigenvalue weighted by atomic mass is 9.85. The van der Waals surface area contributed by atoms with Crippen molar-refractivity contribution < 1.29 is 37.1 Å². The molecule has 2 heterocycles. The number of carbonyl (C=O) groups excluding carboxylic acids is 2. The number of nitrogens with zero attached hydrogens (tertiary/aromatic N) is 3. The molecule has 1 spiro atoms. The number of likely N-dealkylation sites (N-methyl/N-ethyl adjacent to an activating group) is 1. The minimum absolute atomic E-state index is 0.110. The molecule has 39 heavy (non-hydrogen) atoms. The Morgan fingerprint density at radius 1 is 1.05 bits per heavy atom. The van der Waals surface area contributed by atoms with Crippen molar-refractivity contribution in [3.8, 4) is 0 Å². The molecule has 2 aromatic carbocycles. The Morgan fingerprint density at radius 2 is 1.67 bits per heavy atom. The summed E-state index contributed by atoms with van der Waals surface area (Å²) < 4.78 is 53.9. The van der Waals surface area contributed by atoms with Crippen LogP contribution in [-0.2, 0) is 15.8 Å². The van der Waals surface area contributed by atoms with Gasteiger partial charge in [-0.05, 0) is 61.2 Å². The van der Waals surface area contributed by atoms with Gasteiger partial charge in [0.2, 0.25) is 11.8 Å². The fourth-order valence-electron chi connectivity index (χ4n) is 5.27. The summed E-state index contributed by atoms with van der Waals surface area (Å²) in [5, 5.41) is 11.9. The zero-order valence-electron chi connectivity index (χ0n) is 21.8. The lowest BCUT2D eigenvalue weighted by Gasteiger charge is -2.44. The molecule has 2 aromatic rings. The van der Waals surface area contributed by atoms with Gasteiger partial charge in [-0.15, -0.1) is 0 Å². The summed E-state index contributed by atoms with van der Waals surface area (Å²) >= 11 is 0. The maximum Gasteiger partial charge on any atom is 0.416 e. The molecule has 0 unspecified atom stereocenters. The fourth-order valence-corrected chi connectivity index (χ4v) is 5.27. The van der Waals surface area contributed by atoms with E-state index in [1.807, 2.05) is 4.90 Å². The number of halogens is 4. The molecule has 2 amide bonds. The number of carboxylic acids is 1. The van der Waals surface area contributed by atoms with Crippen molar-refractivity contribution in [3.63, 3.8) is 0 Å². The molecule has 2 N–H and O–H groups in total. The monoisotopic (exact) mass is 550 g/mol. The van der Waals surface area contributed by atoms with Gasteiger partial charge in [-0.1, -0.05) is 13.8 Å². The molecule has 4 rings (SSSR count). The summed E-state index contributed by atoms with van der Waals surface area (Å²) in [5.41, 5.74) is -1.56. The third-order valence-corrected chi connectivity index (χ3v) is 7.48. The van der Waals surface area contributed by atoms with Gasteiger partial charge in [0.1, 0.15) is 17.4 Å². The molecule has 2 fully saturated rings. The van der Waals surface area contributed by atoms with E-state index in [0.29, 0.717) is 37.3 Å². The van der Waals surface area contributed by atoms with Crippen LogP contribution in [0.1, 0.15) is 42.6 Å². The standard InChI is InChI=1S/C27H30F4N4O4/c1-16(2)22(32-21-14-18(27(29,30)31)6-9-20(21)28)23(36)34-12-10-26(11-13-34)25(39)33(3)15-35(26)19-7-4-17(5-8-19)24(37)38/h4-9,14,16,22,32H,10-13,15H2,1-3H3,(H,37,38)/t22-/m1/s1. The first-order chi connectivity index (χ1) is 18.2. The van der Waals surface area contributed by atoms with E-state index < -0.39 is 46.7 Å². The van der Waals surface area contributed by atoms with Crippen molar-refractivity contribution in [3.05, 3.63) is 59.4 Å². The highest BCUT2D eigenvalue weighted by Gasteiger charge is 2.53. The number of benzene rings is 2. The van der Waals surface area contributed by atoms with Crippen LogP contribution in [0.15, 0.2) is 42.5 Å². The average Bonchev–Trinajstić information content (AvgIpc) is 3.12. The van der Waals surface area contributed by atoms with E-state index in [2.05, 4.69) is 5.32 Å². The predicted octanol–water partition coefficient (Wildman–Crippen LogP) is 4.28.